The van der Waals surface area contributed by atoms with Crippen molar-refractivity contribution in [1.29, 1.82) is 0 Å². The fraction of sp³-hybridized carbons (Fsp3) is 0.667. The standard InChI is InChI=1S/C12H19N3O4/c1-2-4-9-14-11(19-15-9)6-3-5-10(16)13-8-7-12(17)18/h2-8H2,1H3,(H,13,16)(H,17,18). The Morgan fingerprint density at radius 1 is 1.32 bits per heavy atom. The first-order chi connectivity index (χ1) is 9.11. The third kappa shape index (κ3) is 6.54. The van der Waals surface area contributed by atoms with Gasteiger partial charge in [0.2, 0.25) is 11.8 Å². The fourth-order valence-corrected chi connectivity index (χ4v) is 1.51. The highest BCUT2D eigenvalue weighted by molar-refractivity contribution is 5.76. The van der Waals surface area contributed by atoms with E-state index in [2.05, 4.69) is 15.5 Å². The molecule has 7 nitrogen and oxygen atoms in total. The van der Waals surface area contributed by atoms with Crippen molar-refractivity contribution in [3.05, 3.63) is 11.7 Å². The molecule has 0 aliphatic rings. The SMILES string of the molecule is CCCc1noc(CCCC(=O)NCCC(=O)O)n1. The molecule has 1 rings (SSSR count). The lowest BCUT2D eigenvalue weighted by Gasteiger charge is -2.01. The summed E-state index contributed by atoms with van der Waals surface area (Å²) in [5, 5.41) is 14.8. The van der Waals surface area contributed by atoms with Crippen LogP contribution in [0.3, 0.4) is 0 Å². The molecule has 1 aromatic heterocycles. The van der Waals surface area contributed by atoms with Gasteiger partial charge < -0.3 is 14.9 Å². The molecule has 1 heterocycles. The topological polar surface area (TPSA) is 105 Å². The lowest BCUT2D eigenvalue weighted by atomic mass is 10.2. The fourth-order valence-electron chi connectivity index (χ4n) is 1.51. The van der Waals surface area contributed by atoms with Crippen LogP contribution in [0, 0.1) is 0 Å². The van der Waals surface area contributed by atoms with Crippen LogP contribution >= 0.6 is 0 Å². The second-order valence-corrected chi connectivity index (χ2v) is 4.20. The van der Waals surface area contributed by atoms with Crippen molar-refractivity contribution in [3.8, 4) is 0 Å². The van der Waals surface area contributed by atoms with Crippen molar-refractivity contribution >= 4 is 11.9 Å². The van der Waals surface area contributed by atoms with E-state index in [1.165, 1.54) is 0 Å². The minimum Gasteiger partial charge on any atom is -0.481 e. The maximum Gasteiger partial charge on any atom is 0.305 e. The van der Waals surface area contributed by atoms with Crippen LogP contribution in [0.5, 0.6) is 0 Å². The van der Waals surface area contributed by atoms with E-state index in [4.69, 9.17) is 9.63 Å². The molecule has 0 unspecified atom stereocenters. The van der Waals surface area contributed by atoms with Crippen LogP contribution < -0.4 is 5.32 Å². The summed E-state index contributed by atoms with van der Waals surface area (Å²) in [4.78, 5) is 25.8. The lowest BCUT2D eigenvalue weighted by Crippen LogP contribution is -2.25. The third-order valence-corrected chi connectivity index (χ3v) is 2.44. The van der Waals surface area contributed by atoms with Gasteiger partial charge in [-0.25, -0.2) is 0 Å². The Balaban J connectivity index is 2.14. The first-order valence-electron chi connectivity index (χ1n) is 6.41. The summed E-state index contributed by atoms with van der Waals surface area (Å²) in [6.45, 7) is 2.20. The van der Waals surface area contributed by atoms with Crippen molar-refractivity contribution in [2.75, 3.05) is 6.54 Å². The van der Waals surface area contributed by atoms with E-state index in [-0.39, 0.29) is 18.9 Å². The minimum absolute atomic E-state index is 0.0597. The number of carbonyl (C=O) groups is 2. The highest BCUT2D eigenvalue weighted by atomic mass is 16.5. The summed E-state index contributed by atoms with van der Waals surface area (Å²) in [6.07, 6.45) is 3.18. The number of aromatic nitrogens is 2. The zero-order valence-electron chi connectivity index (χ0n) is 11.0. The van der Waals surface area contributed by atoms with Gasteiger partial charge in [-0.05, 0) is 12.8 Å². The molecule has 0 aromatic carbocycles. The van der Waals surface area contributed by atoms with E-state index in [0.717, 1.165) is 12.8 Å². The number of rotatable bonds is 9. The van der Waals surface area contributed by atoms with Crippen molar-refractivity contribution in [1.82, 2.24) is 15.5 Å². The molecule has 19 heavy (non-hydrogen) atoms. The number of nitrogens with zero attached hydrogens (tertiary/aromatic N) is 2. The number of amides is 1. The van der Waals surface area contributed by atoms with Crippen molar-refractivity contribution < 1.29 is 19.2 Å². The maximum atomic E-state index is 11.4. The summed E-state index contributed by atoms with van der Waals surface area (Å²) >= 11 is 0. The lowest BCUT2D eigenvalue weighted by molar-refractivity contribution is -0.136. The van der Waals surface area contributed by atoms with E-state index < -0.39 is 5.97 Å². The number of hydrogen-bond acceptors (Lipinski definition) is 5. The Kier molecular flexibility index (Phi) is 6.56. The molecule has 0 radical (unpaired) electrons. The van der Waals surface area contributed by atoms with Crippen molar-refractivity contribution in [2.24, 2.45) is 0 Å². The average molecular weight is 269 g/mol. The quantitative estimate of drug-likeness (QED) is 0.691. The van der Waals surface area contributed by atoms with Crippen LogP contribution in [0.2, 0.25) is 0 Å². The van der Waals surface area contributed by atoms with Crippen LogP contribution in [0.15, 0.2) is 4.52 Å². The zero-order valence-corrected chi connectivity index (χ0v) is 11.0. The van der Waals surface area contributed by atoms with Gasteiger partial charge in [0.1, 0.15) is 0 Å². The molecule has 0 bridgehead atoms. The van der Waals surface area contributed by atoms with Gasteiger partial charge in [0, 0.05) is 25.8 Å². The summed E-state index contributed by atoms with van der Waals surface area (Å²) in [5.41, 5.74) is 0. The average Bonchev–Trinajstić information content (AvgIpc) is 2.77. The molecule has 1 amide bonds. The number of nitrogens with one attached hydrogen (secondary N) is 1. The van der Waals surface area contributed by atoms with Gasteiger partial charge in [-0.3, -0.25) is 9.59 Å². The molecule has 0 aliphatic carbocycles. The predicted molar refractivity (Wildman–Crippen MR) is 66.5 cm³/mol. The first kappa shape index (κ1) is 15.1. The smallest absolute Gasteiger partial charge is 0.305 e. The van der Waals surface area contributed by atoms with E-state index in [9.17, 15) is 9.59 Å². The Bertz CT molecular complexity index is 417. The molecule has 0 saturated heterocycles. The highest BCUT2D eigenvalue weighted by Gasteiger charge is 2.07. The summed E-state index contributed by atoms with van der Waals surface area (Å²) in [7, 11) is 0. The van der Waals surface area contributed by atoms with Gasteiger partial charge in [0.05, 0.1) is 6.42 Å². The van der Waals surface area contributed by atoms with Crippen LogP contribution in [-0.2, 0) is 22.4 Å². The maximum absolute atomic E-state index is 11.4. The molecule has 2 N–H and O–H groups in total. The van der Waals surface area contributed by atoms with Crippen LogP contribution in [0.4, 0.5) is 0 Å². The second kappa shape index (κ2) is 8.23. The number of carboxylic acids is 1. The Morgan fingerprint density at radius 3 is 2.79 bits per heavy atom. The molecule has 0 saturated carbocycles. The molecule has 106 valence electrons. The second-order valence-electron chi connectivity index (χ2n) is 4.20. The predicted octanol–water partition coefficient (Wildman–Crippen LogP) is 0.936. The van der Waals surface area contributed by atoms with E-state index in [1.807, 2.05) is 6.92 Å². The molecule has 0 atom stereocenters. The molecule has 7 heteroatoms. The zero-order chi connectivity index (χ0) is 14.1. The Labute approximate surface area is 111 Å². The first-order valence-corrected chi connectivity index (χ1v) is 6.41. The largest absolute Gasteiger partial charge is 0.481 e. The van der Waals surface area contributed by atoms with Crippen molar-refractivity contribution in [3.63, 3.8) is 0 Å². The number of aliphatic carboxylic acids is 1. The van der Waals surface area contributed by atoms with Gasteiger partial charge in [-0.15, -0.1) is 0 Å². The van der Waals surface area contributed by atoms with Gasteiger partial charge >= 0.3 is 5.97 Å². The Hall–Kier alpha value is -1.92. The molecular formula is C12H19N3O4. The van der Waals surface area contributed by atoms with Crippen LogP contribution in [0.25, 0.3) is 0 Å². The monoisotopic (exact) mass is 269 g/mol. The molecule has 1 aromatic rings. The summed E-state index contributed by atoms with van der Waals surface area (Å²) in [6, 6.07) is 0. The number of aryl methyl sites for hydroxylation is 2. The minimum atomic E-state index is -0.922. The van der Waals surface area contributed by atoms with Gasteiger partial charge in [-0.1, -0.05) is 12.1 Å². The third-order valence-electron chi connectivity index (χ3n) is 2.44. The van der Waals surface area contributed by atoms with Crippen molar-refractivity contribution in [2.45, 2.75) is 45.4 Å². The molecule has 0 fully saturated rings. The van der Waals surface area contributed by atoms with Gasteiger partial charge in [-0.2, -0.15) is 4.98 Å². The van der Waals surface area contributed by atoms with Gasteiger partial charge in [0.25, 0.3) is 0 Å². The Morgan fingerprint density at radius 2 is 2.11 bits per heavy atom. The summed E-state index contributed by atoms with van der Waals surface area (Å²) < 4.78 is 5.04. The van der Waals surface area contributed by atoms with E-state index in [0.29, 0.717) is 31.0 Å². The molecular weight excluding hydrogens is 250 g/mol. The van der Waals surface area contributed by atoms with Crippen LogP contribution in [0.1, 0.15) is 44.3 Å². The van der Waals surface area contributed by atoms with E-state index in [1.54, 1.807) is 0 Å². The van der Waals surface area contributed by atoms with Crippen LogP contribution in [-0.4, -0.2) is 33.7 Å². The summed E-state index contributed by atoms with van der Waals surface area (Å²) in [5.74, 6) is 0.161. The van der Waals surface area contributed by atoms with Gasteiger partial charge in [0.15, 0.2) is 5.82 Å². The number of hydrogen-bond donors (Lipinski definition) is 2. The molecule has 0 spiro atoms. The highest BCUT2D eigenvalue weighted by Crippen LogP contribution is 2.04. The molecule has 0 aliphatic heterocycles. The normalized spacial score (nSPS) is 10.4. The van der Waals surface area contributed by atoms with E-state index >= 15 is 0 Å². The number of carboxylic acid groups (broad SMARTS) is 1. The number of carbonyl (C=O) groups excluding carboxylic acids is 1.